The van der Waals surface area contributed by atoms with Crippen molar-refractivity contribution in [3.05, 3.63) is 54.1 Å². The lowest BCUT2D eigenvalue weighted by molar-refractivity contribution is -0.139. The molecule has 3 N–H and O–H groups in total. The van der Waals surface area contributed by atoms with Gasteiger partial charge in [-0.25, -0.2) is 5.26 Å². The van der Waals surface area contributed by atoms with Gasteiger partial charge in [-0.1, -0.05) is 35.9 Å². The number of benzene rings is 2. The molecule has 0 radical (unpaired) electrons. The van der Waals surface area contributed by atoms with E-state index in [4.69, 9.17) is 15.5 Å². The average Bonchev–Trinajstić information content (AvgIpc) is 2.31. The van der Waals surface area contributed by atoms with Crippen LogP contribution in [0, 0.1) is 6.92 Å². The van der Waals surface area contributed by atoms with E-state index in [1.807, 2.05) is 18.2 Å². The lowest BCUT2D eigenvalue weighted by Gasteiger charge is -1.98. The lowest BCUT2D eigenvalue weighted by Crippen LogP contribution is -1.82. The highest BCUT2D eigenvalue weighted by Crippen LogP contribution is 2.28. The third kappa shape index (κ3) is 4.44. The fourth-order valence-electron chi connectivity index (χ4n) is 1.12. The van der Waals surface area contributed by atoms with Gasteiger partial charge < -0.3 is 15.1 Å². The van der Waals surface area contributed by atoms with Gasteiger partial charge in [0.05, 0.1) is 0 Å². The largest absolute Gasteiger partial charge is 0.508 e. The fraction of sp³-hybridized carbons (Fsp3) is 0.0769. The minimum Gasteiger partial charge on any atom is -0.508 e. The summed E-state index contributed by atoms with van der Waals surface area (Å²) < 4.78 is 0. The van der Waals surface area contributed by atoms with E-state index in [0.717, 1.165) is 6.07 Å². The maximum Gasteiger partial charge on any atom is 0.206 e. The first kappa shape index (κ1) is 12.9. The van der Waals surface area contributed by atoms with Crippen molar-refractivity contribution in [2.24, 2.45) is 0 Å². The zero-order valence-corrected chi connectivity index (χ0v) is 9.37. The summed E-state index contributed by atoms with van der Waals surface area (Å²) in [6.07, 6.45) is 0. The highest BCUT2D eigenvalue weighted by Gasteiger charge is 2.01. The summed E-state index contributed by atoms with van der Waals surface area (Å²) >= 11 is 0. The molecule has 0 bridgehead atoms. The number of phenolic OH excluding ortho intramolecular Hbond substituents is 2. The van der Waals surface area contributed by atoms with Crippen molar-refractivity contribution in [2.75, 3.05) is 0 Å². The van der Waals surface area contributed by atoms with E-state index in [2.05, 4.69) is 23.9 Å². The summed E-state index contributed by atoms with van der Waals surface area (Å²) in [7, 11) is 0. The first-order chi connectivity index (χ1) is 8.13. The molecule has 0 aromatic heterocycles. The van der Waals surface area contributed by atoms with Crippen LogP contribution in [-0.4, -0.2) is 15.5 Å². The van der Waals surface area contributed by atoms with Crippen LogP contribution in [0.15, 0.2) is 48.5 Å². The van der Waals surface area contributed by atoms with Crippen LogP contribution >= 0.6 is 0 Å². The molecule has 0 heterocycles. The van der Waals surface area contributed by atoms with Gasteiger partial charge in [0.1, 0.15) is 5.75 Å². The molecule has 0 saturated carbocycles. The van der Waals surface area contributed by atoms with Gasteiger partial charge >= 0.3 is 0 Å². The Kier molecular flexibility index (Phi) is 4.84. The first-order valence-electron chi connectivity index (χ1n) is 4.98. The Morgan fingerprint density at radius 2 is 1.59 bits per heavy atom. The molecular formula is C13H14O4. The Balaban J connectivity index is 0.000000181. The van der Waals surface area contributed by atoms with Gasteiger partial charge in [0.25, 0.3) is 0 Å². The van der Waals surface area contributed by atoms with E-state index in [1.165, 1.54) is 17.7 Å². The Morgan fingerprint density at radius 1 is 0.941 bits per heavy atom. The molecule has 90 valence electrons. The maximum atomic E-state index is 8.85. The highest BCUT2D eigenvalue weighted by atomic mass is 17.1. The molecule has 0 amide bonds. The van der Waals surface area contributed by atoms with Crippen molar-refractivity contribution in [3.63, 3.8) is 0 Å². The third-order valence-electron chi connectivity index (χ3n) is 1.98. The Morgan fingerprint density at radius 3 is 2.00 bits per heavy atom. The van der Waals surface area contributed by atoms with Crippen LogP contribution in [0.25, 0.3) is 0 Å². The van der Waals surface area contributed by atoms with Crippen molar-refractivity contribution in [1.29, 1.82) is 0 Å². The molecule has 0 fully saturated rings. The molecule has 0 saturated heterocycles. The summed E-state index contributed by atoms with van der Waals surface area (Å²) in [5.74, 6) is -0.474. The Labute approximate surface area is 99.3 Å². The summed E-state index contributed by atoms with van der Waals surface area (Å²) in [6.45, 7) is 2.08. The summed E-state index contributed by atoms with van der Waals surface area (Å²) in [5, 5.41) is 25.6. The minimum atomic E-state index is -0.303. The number of rotatable bonds is 1. The monoisotopic (exact) mass is 234 g/mol. The van der Waals surface area contributed by atoms with E-state index < -0.39 is 0 Å². The van der Waals surface area contributed by atoms with E-state index >= 15 is 0 Å². The van der Waals surface area contributed by atoms with Crippen molar-refractivity contribution in [1.82, 2.24) is 0 Å². The molecule has 2 aromatic rings. The second-order valence-electron chi connectivity index (χ2n) is 3.40. The van der Waals surface area contributed by atoms with Crippen LogP contribution in [0.1, 0.15) is 5.56 Å². The third-order valence-corrected chi connectivity index (χ3v) is 1.98. The van der Waals surface area contributed by atoms with Crippen LogP contribution < -0.4 is 4.89 Å². The standard InChI is InChI=1S/C7H8.C6H6O4/c1-7-5-3-2-4-6-7;7-4-1-2-6(10-9)5(8)3-4/h2-6H,1H3;1-3,7-9H. The van der Waals surface area contributed by atoms with E-state index in [9.17, 15) is 0 Å². The molecule has 17 heavy (non-hydrogen) atoms. The normalized spacial score (nSPS) is 9.06. The zero-order valence-electron chi connectivity index (χ0n) is 9.37. The Hall–Kier alpha value is -2.20. The van der Waals surface area contributed by atoms with Crippen LogP contribution in [-0.2, 0) is 0 Å². The average molecular weight is 234 g/mol. The van der Waals surface area contributed by atoms with Crippen LogP contribution in [0.2, 0.25) is 0 Å². The van der Waals surface area contributed by atoms with Gasteiger partial charge in [-0.3, -0.25) is 0 Å². The summed E-state index contributed by atoms with van der Waals surface area (Å²) in [6, 6.07) is 13.8. The van der Waals surface area contributed by atoms with Crippen molar-refractivity contribution >= 4 is 0 Å². The topological polar surface area (TPSA) is 69.9 Å². The van der Waals surface area contributed by atoms with Crippen LogP contribution in [0.3, 0.4) is 0 Å². The molecule has 4 nitrogen and oxygen atoms in total. The number of phenols is 2. The fourth-order valence-corrected chi connectivity index (χ4v) is 1.12. The van der Waals surface area contributed by atoms with Crippen LogP contribution in [0.5, 0.6) is 17.2 Å². The second kappa shape index (κ2) is 6.40. The molecule has 0 aliphatic heterocycles. The van der Waals surface area contributed by atoms with Gasteiger partial charge in [0.2, 0.25) is 5.75 Å². The molecule has 0 atom stereocenters. The molecule has 2 rings (SSSR count). The smallest absolute Gasteiger partial charge is 0.206 e. The predicted octanol–water partition coefficient (Wildman–Crippen LogP) is 2.94. The van der Waals surface area contributed by atoms with Crippen molar-refractivity contribution in [2.45, 2.75) is 6.92 Å². The molecule has 2 aromatic carbocycles. The molecule has 0 aliphatic rings. The zero-order chi connectivity index (χ0) is 12.7. The van der Waals surface area contributed by atoms with E-state index in [1.54, 1.807) is 0 Å². The van der Waals surface area contributed by atoms with Gasteiger partial charge in [-0.15, -0.1) is 0 Å². The Bertz CT molecular complexity index is 454. The van der Waals surface area contributed by atoms with Gasteiger partial charge in [0.15, 0.2) is 5.75 Å². The second-order valence-corrected chi connectivity index (χ2v) is 3.40. The lowest BCUT2D eigenvalue weighted by atomic mass is 10.2. The maximum absolute atomic E-state index is 8.85. The highest BCUT2D eigenvalue weighted by molar-refractivity contribution is 5.43. The van der Waals surface area contributed by atoms with Gasteiger partial charge in [0, 0.05) is 6.07 Å². The summed E-state index contributed by atoms with van der Waals surface area (Å²) in [5.41, 5.74) is 1.32. The molecule has 4 heteroatoms. The van der Waals surface area contributed by atoms with Gasteiger partial charge in [-0.2, -0.15) is 0 Å². The summed E-state index contributed by atoms with van der Waals surface area (Å²) in [4.78, 5) is 3.74. The molecule has 0 spiro atoms. The molecular weight excluding hydrogens is 220 g/mol. The molecule has 0 unspecified atom stereocenters. The number of hydrogen-bond donors (Lipinski definition) is 3. The number of hydrogen-bond acceptors (Lipinski definition) is 4. The SMILES string of the molecule is Cc1ccccc1.OOc1ccc(O)cc1O. The minimum absolute atomic E-state index is 0.0849. The van der Waals surface area contributed by atoms with E-state index in [0.29, 0.717) is 0 Å². The van der Waals surface area contributed by atoms with Gasteiger partial charge in [-0.05, 0) is 19.1 Å². The molecule has 0 aliphatic carbocycles. The van der Waals surface area contributed by atoms with Crippen molar-refractivity contribution in [3.8, 4) is 17.2 Å². The van der Waals surface area contributed by atoms with Crippen LogP contribution in [0.4, 0.5) is 0 Å². The van der Waals surface area contributed by atoms with E-state index in [-0.39, 0.29) is 17.2 Å². The van der Waals surface area contributed by atoms with Crippen molar-refractivity contribution < 1.29 is 20.4 Å². The first-order valence-corrected chi connectivity index (χ1v) is 4.98. The number of aryl methyl sites for hydroxylation is 1. The quantitative estimate of drug-likeness (QED) is 0.524. The predicted molar refractivity (Wildman–Crippen MR) is 64.2 cm³/mol. The number of aromatic hydroxyl groups is 2.